The second-order valence-electron chi connectivity index (χ2n) is 6.79. The van der Waals surface area contributed by atoms with Crippen LogP contribution in [0.2, 0.25) is 0 Å². The molecule has 0 atom stereocenters. The van der Waals surface area contributed by atoms with E-state index in [1.165, 1.54) is 11.1 Å². The van der Waals surface area contributed by atoms with E-state index < -0.39 is 0 Å². The van der Waals surface area contributed by atoms with Crippen LogP contribution in [-0.4, -0.2) is 44.0 Å². The summed E-state index contributed by atoms with van der Waals surface area (Å²) in [5.41, 5.74) is 4.41. The van der Waals surface area contributed by atoms with Gasteiger partial charge in [-0.3, -0.25) is 9.79 Å². The van der Waals surface area contributed by atoms with Gasteiger partial charge in [0, 0.05) is 39.3 Å². The number of nitrogens with zero attached hydrogens (tertiary/aromatic N) is 2. The van der Waals surface area contributed by atoms with Gasteiger partial charge in [0.25, 0.3) is 5.91 Å². The maximum atomic E-state index is 11.8. The molecule has 2 aromatic carbocycles. The predicted molar refractivity (Wildman–Crippen MR) is 117 cm³/mol. The molecule has 0 aliphatic carbocycles. The minimum absolute atomic E-state index is 0.0625. The molecule has 150 valence electrons. The molecule has 0 unspecified atom stereocenters. The number of hydrogen-bond donors (Lipinski definition) is 2. The van der Waals surface area contributed by atoms with E-state index in [4.69, 9.17) is 4.99 Å². The normalized spacial score (nSPS) is 11.2. The molecule has 2 rings (SSSR count). The molecule has 0 radical (unpaired) electrons. The van der Waals surface area contributed by atoms with E-state index in [2.05, 4.69) is 60.7 Å². The van der Waals surface area contributed by atoms with Crippen molar-refractivity contribution in [1.82, 2.24) is 15.5 Å². The summed E-state index contributed by atoms with van der Waals surface area (Å²) in [5, 5.41) is 6.02. The number of aliphatic imine (C=N–C) groups is 1. The van der Waals surface area contributed by atoms with Gasteiger partial charge in [-0.05, 0) is 48.6 Å². The monoisotopic (exact) mass is 380 g/mol. The molecule has 0 heterocycles. The van der Waals surface area contributed by atoms with Gasteiger partial charge >= 0.3 is 0 Å². The molecular formula is C23H32N4O. The van der Waals surface area contributed by atoms with E-state index in [0.717, 1.165) is 37.5 Å². The largest absolute Gasteiger partial charge is 0.357 e. The SMILES string of the molecule is CCNC(=NCCc1cccc(C(=O)NC)c1)N(C)Cc1ccc(CC)cc1. The van der Waals surface area contributed by atoms with Crippen molar-refractivity contribution in [2.24, 2.45) is 4.99 Å². The fraction of sp³-hybridized carbons (Fsp3) is 0.391. The summed E-state index contributed by atoms with van der Waals surface area (Å²) in [6.45, 7) is 6.54. The highest BCUT2D eigenvalue weighted by Gasteiger charge is 2.07. The highest BCUT2D eigenvalue weighted by molar-refractivity contribution is 5.94. The summed E-state index contributed by atoms with van der Waals surface area (Å²) in [4.78, 5) is 18.7. The van der Waals surface area contributed by atoms with Crippen LogP contribution in [0.3, 0.4) is 0 Å². The molecule has 0 aromatic heterocycles. The molecule has 0 spiro atoms. The summed E-state index contributed by atoms with van der Waals surface area (Å²) in [6, 6.07) is 16.5. The maximum absolute atomic E-state index is 11.8. The Balaban J connectivity index is 1.99. The molecule has 0 bridgehead atoms. The molecule has 0 saturated heterocycles. The van der Waals surface area contributed by atoms with E-state index >= 15 is 0 Å². The molecule has 1 amide bonds. The number of amides is 1. The van der Waals surface area contributed by atoms with Gasteiger partial charge in [0.1, 0.15) is 0 Å². The highest BCUT2D eigenvalue weighted by Crippen LogP contribution is 2.09. The minimum atomic E-state index is -0.0625. The van der Waals surface area contributed by atoms with Crippen molar-refractivity contribution in [3.63, 3.8) is 0 Å². The lowest BCUT2D eigenvalue weighted by atomic mass is 10.1. The van der Waals surface area contributed by atoms with Crippen molar-refractivity contribution >= 4 is 11.9 Å². The fourth-order valence-corrected chi connectivity index (χ4v) is 3.00. The van der Waals surface area contributed by atoms with Crippen molar-refractivity contribution in [2.45, 2.75) is 33.2 Å². The van der Waals surface area contributed by atoms with Crippen LogP contribution < -0.4 is 10.6 Å². The molecule has 0 aliphatic heterocycles. The quantitative estimate of drug-likeness (QED) is 0.546. The predicted octanol–water partition coefficient (Wildman–Crippen LogP) is 3.25. The molecule has 5 heteroatoms. The van der Waals surface area contributed by atoms with Crippen molar-refractivity contribution in [3.8, 4) is 0 Å². The summed E-state index contributed by atoms with van der Waals surface area (Å²) >= 11 is 0. The van der Waals surface area contributed by atoms with Crippen molar-refractivity contribution in [1.29, 1.82) is 0 Å². The Hall–Kier alpha value is -2.82. The third kappa shape index (κ3) is 6.41. The van der Waals surface area contributed by atoms with Crippen LogP contribution in [-0.2, 0) is 19.4 Å². The Bertz CT molecular complexity index is 783. The lowest BCUT2D eigenvalue weighted by Gasteiger charge is -2.22. The molecule has 2 aromatic rings. The Kier molecular flexibility index (Phi) is 8.53. The fourth-order valence-electron chi connectivity index (χ4n) is 3.00. The summed E-state index contributed by atoms with van der Waals surface area (Å²) < 4.78 is 0. The molecule has 28 heavy (non-hydrogen) atoms. The first kappa shape index (κ1) is 21.5. The Morgan fingerprint density at radius 1 is 1.04 bits per heavy atom. The van der Waals surface area contributed by atoms with E-state index in [1.54, 1.807) is 7.05 Å². The van der Waals surface area contributed by atoms with Gasteiger partial charge in [-0.15, -0.1) is 0 Å². The molecular weight excluding hydrogens is 348 g/mol. The lowest BCUT2D eigenvalue weighted by molar-refractivity contribution is 0.0963. The van der Waals surface area contributed by atoms with E-state index in [-0.39, 0.29) is 5.91 Å². The van der Waals surface area contributed by atoms with Crippen molar-refractivity contribution in [3.05, 3.63) is 70.8 Å². The Morgan fingerprint density at radius 3 is 2.39 bits per heavy atom. The van der Waals surface area contributed by atoms with Gasteiger partial charge in [-0.1, -0.05) is 43.3 Å². The van der Waals surface area contributed by atoms with Gasteiger partial charge in [-0.25, -0.2) is 0 Å². The molecule has 0 fully saturated rings. The van der Waals surface area contributed by atoms with Gasteiger partial charge in [-0.2, -0.15) is 0 Å². The van der Waals surface area contributed by atoms with E-state index in [0.29, 0.717) is 12.1 Å². The number of carbonyl (C=O) groups is 1. The third-order valence-corrected chi connectivity index (χ3v) is 4.63. The van der Waals surface area contributed by atoms with Crippen LogP contribution >= 0.6 is 0 Å². The first-order chi connectivity index (χ1) is 13.6. The number of guanidine groups is 1. The van der Waals surface area contributed by atoms with Crippen LogP contribution in [0.1, 0.15) is 40.9 Å². The van der Waals surface area contributed by atoms with E-state index in [1.807, 2.05) is 24.3 Å². The zero-order valence-corrected chi connectivity index (χ0v) is 17.5. The summed E-state index contributed by atoms with van der Waals surface area (Å²) in [6.07, 6.45) is 1.85. The average Bonchev–Trinajstić information content (AvgIpc) is 2.73. The molecule has 0 saturated carbocycles. The molecule has 5 nitrogen and oxygen atoms in total. The van der Waals surface area contributed by atoms with Crippen LogP contribution in [0.4, 0.5) is 0 Å². The second kappa shape index (κ2) is 11.1. The van der Waals surface area contributed by atoms with Crippen LogP contribution in [0.15, 0.2) is 53.5 Å². The van der Waals surface area contributed by atoms with Gasteiger partial charge in [0.15, 0.2) is 5.96 Å². The second-order valence-corrected chi connectivity index (χ2v) is 6.79. The molecule has 2 N–H and O–H groups in total. The minimum Gasteiger partial charge on any atom is -0.357 e. The van der Waals surface area contributed by atoms with Crippen molar-refractivity contribution in [2.75, 3.05) is 27.2 Å². The zero-order valence-electron chi connectivity index (χ0n) is 17.5. The summed E-state index contributed by atoms with van der Waals surface area (Å²) in [5.74, 6) is 0.831. The Labute approximate surface area is 168 Å². The van der Waals surface area contributed by atoms with Crippen LogP contribution in [0.25, 0.3) is 0 Å². The lowest BCUT2D eigenvalue weighted by Crippen LogP contribution is -2.38. The van der Waals surface area contributed by atoms with E-state index in [9.17, 15) is 4.79 Å². The van der Waals surface area contributed by atoms with Crippen LogP contribution in [0.5, 0.6) is 0 Å². The first-order valence-electron chi connectivity index (χ1n) is 9.95. The third-order valence-electron chi connectivity index (χ3n) is 4.63. The maximum Gasteiger partial charge on any atom is 0.251 e. The smallest absolute Gasteiger partial charge is 0.251 e. The standard InChI is InChI=1S/C23H32N4O/c1-5-18-10-12-20(13-11-18)17-27(4)23(25-6-2)26-15-14-19-8-7-9-21(16-19)22(28)24-3/h7-13,16H,5-6,14-15,17H2,1-4H3,(H,24,28)(H,25,26). The summed E-state index contributed by atoms with van der Waals surface area (Å²) in [7, 11) is 3.70. The topological polar surface area (TPSA) is 56.7 Å². The van der Waals surface area contributed by atoms with Crippen LogP contribution in [0, 0.1) is 0 Å². The Morgan fingerprint density at radius 2 is 1.75 bits per heavy atom. The molecule has 0 aliphatic rings. The number of aryl methyl sites for hydroxylation is 1. The zero-order chi connectivity index (χ0) is 20.4. The number of hydrogen-bond acceptors (Lipinski definition) is 2. The van der Waals surface area contributed by atoms with Gasteiger partial charge in [0.2, 0.25) is 0 Å². The number of carbonyl (C=O) groups excluding carboxylic acids is 1. The number of rotatable bonds is 8. The average molecular weight is 381 g/mol. The number of nitrogens with one attached hydrogen (secondary N) is 2. The van der Waals surface area contributed by atoms with Gasteiger partial charge < -0.3 is 15.5 Å². The highest BCUT2D eigenvalue weighted by atomic mass is 16.1. The number of benzene rings is 2. The van der Waals surface area contributed by atoms with Gasteiger partial charge in [0.05, 0.1) is 0 Å². The van der Waals surface area contributed by atoms with Crippen molar-refractivity contribution < 1.29 is 4.79 Å². The first-order valence-corrected chi connectivity index (χ1v) is 9.95.